The lowest BCUT2D eigenvalue weighted by atomic mass is 10.1. The Bertz CT molecular complexity index is 572. The van der Waals surface area contributed by atoms with E-state index in [-0.39, 0.29) is 17.7 Å². The smallest absolute Gasteiger partial charge is 0.127 e. The average Bonchev–Trinajstić information content (AvgIpc) is 2.38. The Morgan fingerprint density at radius 3 is 2.58 bits per heavy atom. The first-order chi connectivity index (χ1) is 9.08. The summed E-state index contributed by atoms with van der Waals surface area (Å²) in [6, 6.07) is 11.1. The van der Waals surface area contributed by atoms with E-state index in [4.69, 9.17) is 0 Å². The third-order valence-electron chi connectivity index (χ3n) is 2.99. The summed E-state index contributed by atoms with van der Waals surface area (Å²) in [7, 11) is 0. The molecule has 0 heterocycles. The lowest BCUT2D eigenvalue weighted by Gasteiger charge is -2.15. The minimum absolute atomic E-state index is 0.113. The highest BCUT2D eigenvalue weighted by atomic mass is 79.9. The monoisotopic (exact) mass is 325 g/mol. The molecule has 1 N–H and O–H groups in total. The van der Waals surface area contributed by atoms with E-state index in [1.54, 1.807) is 18.2 Å². The predicted molar refractivity (Wildman–Crippen MR) is 75.8 cm³/mol. The van der Waals surface area contributed by atoms with E-state index in [1.807, 2.05) is 13.0 Å². The third-order valence-corrected chi connectivity index (χ3v) is 3.72. The fraction of sp³-hybridized carbons (Fsp3) is 0.200. The van der Waals surface area contributed by atoms with E-state index in [9.17, 15) is 8.78 Å². The number of benzene rings is 2. The fourth-order valence-electron chi connectivity index (χ4n) is 1.86. The van der Waals surface area contributed by atoms with Gasteiger partial charge in [0.05, 0.1) is 0 Å². The topological polar surface area (TPSA) is 12.0 Å². The summed E-state index contributed by atoms with van der Waals surface area (Å²) >= 11 is 3.31. The van der Waals surface area contributed by atoms with E-state index < -0.39 is 0 Å². The maximum atomic E-state index is 13.6. The second-order valence-corrected chi connectivity index (χ2v) is 5.21. The van der Waals surface area contributed by atoms with E-state index in [0.29, 0.717) is 16.6 Å². The molecule has 0 saturated carbocycles. The number of nitrogens with one attached hydrogen (secondary N) is 1. The normalized spacial score (nSPS) is 12.4. The molecule has 1 unspecified atom stereocenters. The van der Waals surface area contributed by atoms with Crippen LogP contribution in [0.15, 0.2) is 46.9 Å². The molecule has 1 atom stereocenters. The molecule has 0 aliphatic carbocycles. The lowest BCUT2D eigenvalue weighted by molar-refractivity contribution is 0.527. The standard InChI is InChI=1S/C15H14BrF2N/c1-10(13-4-2-3-5-15(13)18)19-9-11-6-7-12(17)8-14(11)16/h2-8,10,19H,9H2,1H3. The van der Waals surface area contributed by atoms with Crippen molar-refractivity contribution in [2.45, 2.75) is 19.5 Å². The lowest BCUT2D eigenvalue weighted by Crippen LogP contribution is -2.19. The second-order valence-electron chi connectivity index (χ2n) is 4.36. The number of halogens is 3. The van der Waals surface area contributed by atoms with Gasteiger partial charge in [0.15, 0.2) is 0 Å². The van der Waals surface area contributed by atoms with Gasteiger partial charge in [-0.2, -0.15) is 0 Å². The van der Waals surface area contributed by atoms with Crippen LogP contribution in [0.3, 0.4) is 0 Å². The molecule has 0 spiro atoms. The summed E-state index contributed by atoms with van der Waals surface area (Å²) in [5.74, 6) is -0.501. The van der Waals surface area contributed by atoms with Crippen molar-refractivity contribution < 1.29 is 8.78 Å². The summed E-state index contributed by atoms with van der Waals surface area (Å²) in [5.41, 5.74) is 1.56. The van der Waals surface area contributed by atoms with Crippen molar-refractivity contribution in [3.05, 3.63) is 69.7 Å². The van der Waals surface area contributed by atoms with Gasteiger partial charge in [-0.25, -0.2) is 8.78 Å². The Balaban J connectivity index is 2.04. The Morgan fingerprint density at radius 1 is 1.16 bits per heavy atom. The van der Waals surface area contributed by atoms with E-state index in [2.05, 4.69) is 21.2 Å². The minimum Gasteiger partial charge on any atom is -0.306 e. The van der Waals surface area contributed by atoms with Crippen LogP contribution < -0.4 is 5.32 Å². The average molecular weight is 326 g/mol. The zero-order chi connectivity index (χ0) is 13.8. The maximum absolute atomic E-state index is 13.6. The Morgan fingerprint density at radius 2 is 1.89 bits per heavy atom. The highest BCUT2D eigenvalue weighted by molar-refractivity contribution is 9.10. The van der Waals surface area contributed by atoms with Crippen molar-refractivity contribution in [3.8, 4) is 0 Å². The van der Waals surface area contributed by atoms with Crippen LogP contribution in [0.4, 0.5) is 8.78 Å². The molecule has 0 saturated heterocycles. The second kappa shape index (κ2) is 6.26. The summed E-state index contributed by atoms with van der Waals surface area (Å²) in [6.45, 7) is 2.44. The van der Waals surface area contributed by atoms with Crippen LogP contribution >= 0.6 is 15.9 Å². The van der Waals surface area contributed by atoms with Crippen molar-refractivity contribution in [2.75, 3.05) is 0 Å². The Labute approximate surface area is 119 Å². The highest BCUT2D eigenvalue weighted by Gasteiger charge is 2.10. The molecule has 100 valence electrons. The van der Waals surface area contributed by atoms with Gasteiger partial charge in [-0.05, 0) is 30.7 Å². The Hall–Kier alpha value is -1.26. The molecule has 0 radical (unpaired) electrons. The predicted octanol–water partition coefficient (Wildman–Crippen LogP) is 4.58. The van der Waals surface area contributed by atoms with Crippen LogP contribution in [-0.4, -0.2) is 0 Å². The highest BCUT2D eigenvalue weighted by Crippen LogP contribution is 2.20. The van der Waals surface area contributed by atoms with Crippen LogP contribution in [0, 0.1) is 11.6 Å². The summed E-state index contributed by atoms with van der Waals surface area (Å²) in [4.78, 5) is 0. The van der Waals surface area contributed by atoms with Crippen molar-refractivity contribution >= 4 is 15.9 Å². The van der Waals surface area contributed by atoms with E-state index in [1.165, 1.54) is 18.2 Å². The van der Waals surface area contributed by atoms with Crippen molar-refractivity contribution in [3.63, 3.8) is 0 Å². The fourth-order valence-corrected chi connectivity index (χ4v) is 2.36. The van der Waals surface area contributed by atoms with Crippen LogP contribution in [0.2, 0.25) is 0 Å². The van der Waals surface area contributed by atoms with Gasteiger partial charge < -0.3 is 5.32 Å². The number of hydrogen-bond acceptors (Lipinski definition) is 1. The largest absolute Gasteiger partial charge is 0.306 e. The van der Waals surface area contributed by atoms with Gasteiger partial charge in [-0.3, -0.25) is 0 Å². The van der Waals surface area contributed by atoms with Crippen LogP contribution in [-0.2, 0) is 6.54 Å². The van der Waals surface area contributed by atoms with Gasteiger partial charge in [0.1, 0.15) is 11.6 Å². The van der Waals surface area contributed by atoms with Gasteiger partial charge in [0.2, 0.25) is 0 Å². The summed E-state index contributed by atoms with van der Waals surface area (Å²) in [6.07, 6.45) is 0. The molecule has 19 heavy (non-hydrogen) atoms. The molecule has 4 heteroatoms. The van der Waals surface area contributed by atoms with E-state index in [0.717, 1.165) is 5.56 Å². The van der Waals surface area contributed by atoms with Crippen molar-refractivity contribution in [1.29, 1.82) is 0 Å². The molecule has 2 aromatic carbocycles. The maximum Gasteiger partial charge on any atom is 0.127 e. The zero-order valence-corrected chi connectivity index (χ0v) is 12.0. The molecule has 0 aliphatic rings. The molecular weight excluding hydrogens is 312 g/mol. The number of rotatable bonds is 4. The first kappa shape index (κ1) is 14.2. The van der Waals surface area contributed by atoms with Crippen LogP contribution in [0.1, 0.15) is 24.1 Å². The molecule has 0 bridgehead atoms. The molecule has 0 aromatic heterocycles. The first-order valence-electron chi connectivity index (χ1n) is 5.99. The van der Waals surface area contributed by atoms with Crippen LogP contribution in [0.25, 0.3) is 0 Å². The minimum atomic E-state index is -0.280. The molecule has 0 aliphatic heterocycles. The van der Waals surface area contributed by atoms with Gasteiger partial charge in [-0.1, -0.05) is 40.2 Å². The van der Waals surface area contributed by atoms with E-state index >= 15 is 0 Å². The first-order valence-corrected chi connectivity index (χ1v) is 6.79. The molecule has 2 aromatic rings. The molecule has 0 fully saturated rings. The van der Waals surface area contributed by atoms with Crippen molar-refractivity contribution in [1.82, 2.24) is 5.32 Å². The summed E-state index contributed by atoms with van der Waals surface area (Å²) < 4.78 is 27.3. The van der Waals surface area contributed by atoms with Gasteiger partial charge in [0, 0.05) is 22.6 Å². The van der Waals surface area contributed by atoms with Gasteiger partial charge >= 0.3 is 0 Å². The molecular formula is C15H14BrF2N. The van der Waals surface area contributed by atoms with Gasteiger partial charge in [-0.15, -0.1) is 0 Å². The number of hydrogen-bond donors (Lipinski definition) is 1. The third kappa shape index (κ3) is 3.61. The van der Waals surface area contributed by atoms with Gasteiger partial charge in [0.25, 0.3) is 0 Å². The zero-order valence-electron chi connectivity index (χ0n) is 10.5. The Kier molecular flexibility index (Phi) is 4.66. The molecule has 2 rings (SSSR count). The molecule has 1 nitrogen and oxygen atoms in total. The SMILES string of the molecule is CC(NCc1ccc(F)cc1Br)c1ccccc1F. The quantitative estimate of drug-likeness (QED) is 0.867. The van der Waals surface area contributed by atoms with Crippen molar-refractivity contribution in [2.24, 2.45) is 0 Å². The van der Waals surface area contributed by atoms with Crippen LogP contribution in [0.5, 0.6) is 0 Å². The summed E-state index contributed by atoms with van der Waals surface area (Å²) in [5, 5.41) is 3.22. The molecule has 0 amide bonds.